The standard InChI is InChI=1S/C15H10N3.C7H5NS2.Pt/c1-3-7-17-14(5-1)12-9-13(11-16-10-12)15-6-2-4-8-18-15;9-7-8-5-3-1-2-4-6(5)10-7;/h1-8,10-11H;1-4H,(H,8,9);/q-1;;+2/p-1. The number of hydrogen-bond acceptors (Lipinski definition) is 6. The second kappa shape index (κ2) is 10.3. The fourth-order valence-corrected chi connectivity index (χ4v) is 3.62. The number of benzene rings is 1. The second-order valence-corrected chi connectivity index (χ2v) is 7.41. The zero-order chi connectivity index (χ0) is 19.2. The van der Waals surface area contributed by atoms with Gasteiger partial charge < -0.3 is 28.9 Å². The molecule has 0 saturated heterocycles. The minimum Gasteiger partial charge on any atom is -0.408 e. The van der Waals surface area contributed by atoms with Crippen molar-refractivity contribution in [3.63, 3.8) is 0 Å². The molecule has 0 amide bonds. The summed E-state index contributed by atoms with van der Waals surface area (Å²) in [5.74, 6) is 0. The van der Waals surface area contributed by atoms with E-state index in [1.165, 1.54) is 4.70 Å². The van der Waals surface area contributed by atoms with E-state index < -0.39 is 0 Å². The maximum atomic E-state index is 4.92. The third-order valence-corrected chi connectivity index (χ3v) is 5.00. The van der Waals surface area contributed by atoms with Crippen molar-refractivity contribution < 1.29 is 21.1 Å². The van der Waals surface area contributed by atoms with E-state index >= 15 is 0 Å². The summed E-state index contributed by atoms with van der Waals surface area (Å²) in [6.07, 6.45) is 7.04. The summed E-state index contributed by atoms with van der Waals surface area (Å²) in [6.45, 7) is 0. The smallest absolute Gasteiger partial charge is 0.408 e. The predicted molar refractivity (Wildman–Crippen MR) is 115 cm³/mol. The summed E-state index contributed by atoms with van der Waals surface area (Å²) >= 11 is 6.48. The van der Waals surface area contributed by atoms with Gasteiger partial charge in [0.15, 0.2) is 0 Å². The average molecular weight is 594 g/mol. The molecule has 0 N–H and O–H groups in total. The van der Waals surface area contributed by atoms with Crippen molar-refractivity contribution in [2.45, 2.75) is 4.34 Å². The number of hydrogen-bond donors (Lipinski definition) is 0. The van der Waals surface area contributed by atoms with Crippen LogP contribution in [0.1, 0.15) is 0 Å². The van der Waals surface area contributed by atoms with E-state index in [0.29, 0.717) is 0 Å². The van der Waals surface area contributed by atoms with Crippen LogP contribution in [0.25, 0.3) is 32.7 Å². The molecule has 4 heterocycles. The van der Waals surface area contributed by atoms with Crippen LogP contribution < -0.4 is 0 Å². The SMILES string of the molecule is [Pt+2].[S-]c1nc2ccccc2s1.[c-]1c(-c2ccccn2)cncc1-c1ccccn1. The molecule has 4 nitrogen and oxygen atoms in total. The Labute approximate surface area is 192 Å². The van der Waals surface area contributed by atoms with Crippen LogP contribution in [-0.2, 0) is 33.7 Å². The van der Waals surface area contributed by atoms with Gasteiger partial charge in [0.1, 0.15) is 0 Å². The maximum Gasteiger partial charge on any atom is 2.00 e. The Hall–Kier alpha value is -2.53. The molecule has 144 valence electrons. The van der Waals surface area contributed by atoms with E-state index in [1.807, 2.05) is 60.7 Å². The summed E-state index contributed by atoms with van der Waals surface area (Å²) in [6, 6.07) is 22.8. The van der Waals surface area contributed by atoms with E-state index in [2.05, 4.69) is 26.0 Å². The fourth-order valence-electron chi connectivity index (χ4n) is 2.55. The third-order valence-electron chi connectivity index (χ3n) is 3.83. The van der Waals surface area contributed by atoms with Gasteiger partial charge in [-0.3, -0.25) is 15.0 Å². The summed E-state index contributed by atoms with van der Waals surface area (Å²) in [5, 5.41) is 0. The first-order valence-electron chi connectivity index (χ1n) is 8.52. The largest absolute Gasteiger partial charge is 2.00 e. The molecular formula is C22H14N4PtS2. The molecule has 0 fully saturated rings. The molecule has 0 aliphatic rings. The quantitative estimate of drug-likeness (QED) is 0.208. The molecule has 0 atom stereocenters. The van der Waals surface area contributed by atoms with E-state index in [9.17, 15) is 0 Å². The van der Waals surface area contributed by atoms with Crippen molar-refractivity contribution in [3.8, 4) is 22.5 Å². The zero-order valence-corrected chi connectivity index (χ0v) is 18.9. The summed E-state index contributed by atoms with van der Waals surface area (Å²) < 4.78 is 1.90. The van der Waals surface area contributed by atoms with Gasteiger partial charge in [-0.05, 0) is 39.6 Å². The van der Waals surface area contributed by atoms with Gasteiger partial charge in [-0.2, -0.15) is 0 Å². The van der Waals surface area contributed by atoms with E-state index in [1.54, 1.807) is 36.1 Å². The summed E-state index contributed by atoms with van der Waals surface area (Å²) in [7, 11) is 0. The number of rotatable bonds is 2. The Morgan fingerprint density at radius 1 is 0.759 bits per heavy atom. The Kier molecular flexibility index (Phi) is 7.53. The van der Waals surface area contributed by atoms with Crippen molar-refractivity contribution in [1.82, 2.24) is 19.9 Å². The number of pyridine rings is 3. The summed E-state index contributed by atoms with van der Waals surface area (Å²) in [5.41, 5.74) is 4.49. The Morgan fingerprint density at radius 3 is 1.90 bits per heavy atom. The Balaban J connectivity index is 0.000000186. The molecule has 0 unspecified atom stereocenters. The van der Waals surface area contributed by atoms with Crippen LogP contribution in [0.5, 0.6) is 0 Å². The third kappa shape index (κ3) is 5.51. The average Bonchev–Trinajstić information content (AvgIpc) is 3.16. The van der Waals surface area contributed by atoms with Gasteiger partial charge in [0.2, 0.25) is 0 Å². The summed E-state index contributed by atoms with van der Waals surface area (Å²) in [4.78, 5) is 17.0. The molecule has 5 rings (SSSR count). The van der Waals surface area contributed by atoms with E-state index in [-0.39, 0.29) is 21.1 Å². The molecular weight excluding hydrogens is 579 g/mol. The van der Waals surface area contributed by atoms with E-state index in [4.69, 9.17) is 12.6 Å². The monoisotopic (exact) mass is 593 g/mol. The van der Waals surface area contributed by atoms with Crippen molar-refractivity contribution >= 4 is 34.2 Å². The van der Waals surface area contributed by atoms with Gasteiger partial charge in [-0.25, -0.2) is 0 Å². The Bertz CT molecular complexity index is 1090. The number of fused-ring (bicyclic) bond motifs is 1. The molecule has 0 aliphatic heterocycles. The van der Waals surface area contributed by atoms with Crippen molar-refractivity contribution in [2.75, 3.05) is 0 Å². The minimum atomic E-state index is 0. The van der Waals surface area contributed by atoms with Crippen LogP contribution in [0.15, 0.2) is 89.8 Å². The second-order valence-electron chi connectivity index (χ2n) is 5.74. The first kappa shape index (κ1) is 21.2. The maximum absolute atomic E-state index is 4.92. The van der Waals surface area contributed by atoms with Crippen molar-refractivity contribution in [1.29, 1.82) is 0 Å². The van der Waals surface area contributed by atoms with Gasteiger partial charge in [0.25, 0.3) is 0 Å². The normalized spacial score (nSPS) is 9.93. The van der Waals surface area contributed by atoms with Gasteiger partial charge in [-0.15, -0.1) is 6.07 Å². The molecule has 0 saturated carbocycles. The van der Waals surface area contributed by atoms with Gasteiger partial charge in [0, 0.05) is 23.8 Å². The fraction of sp³-hybridized carbons (Fsp3) is 0. The van der Waals surface area contributed by atoms with Gasteiger partial charge in [-0.1, -0.05) is 53.6 Å². The van der Waals surface area contributed by atoms with Crippen LogP contribution in [0.2, 0.25) is 0 Å². The Morgan fingerprint density at radius 2 is 1.34 bits per heavy atom. The number of nitrogens with zero attached hydrogens (tertiary/aromatic N) is 4. The minimum absolute atomic E-state index is 0. The number of para-hydroxylation sites is 1. The van der Waals surface area contributed by atoms with E-state index in [0.717, 1.165) is 32.4 Å². The van der Waals surface area contributed by atoms with Crippen molar-refractivity contribution in [3.05, 3.63) is 91.5 Å². The molecule has 5 aromatic rings. The first-order chi connectivity index (χ1) is 13.8. The molecule has 0 radical (unpaired) electrons. The zero-order valence-electron chi connectivity index (χ0n) is 15.0. The predicted octanol–water partition coefficient (Wildman–Crippen LogP) is 5.21. The molecule has 7 heteroatoms. The van der Waals surface area contributed by atoms with Crippen molar-refractivity contribution in [2.24, 2.45) is 0 Å². The molecule has 4 aromatic heterocycles. The topological polar surface area (TPSA) is 51.6 Å². The van der Waals surface area contributed by atoms with Crippen LogP contribution in [-0.4, -0.2) is 19.9 Å². The molecule has 0 spiro atoms. The molecule has 0 bridgehead atoms. The molecule has 1 aromatic carbocycles. The number of aromatic nitrogens is 4. The first-order valence-corrected chi connectivity index (χ1v) is 9.75. The van der Waals surface area contributed by atoms with Crippen LogP contribution >= 0.6 is 11.3 Å². The number of thiazole rings is 1. The van der Waals surface area contributed by atoms with Crippen LogP contribution in [0.3, 0.4) is 0 Å². The van der Waals surface area contributed by atoms with Crippen LogP contribution in [0, 0.1) is 6.07 Å². The molecule has 0 aliphatic carbocycles. The van der Waals surface area contributed by atoms with Gasteiger partial charge >= 0.3 is 21.1 Å². The molecule has 29 heavy (non-hydrogen) atoms. The van der Waals surface area contributed by atoms with Gasteiger partial charge in [0.05, 0.1) is 5.52 Å². The van der Waals surface area contributed by atoms with Crippen LogP contribution in [0.4, 0.5) is 0 Å².